The van der Waals surface area contributed by atoms with Crippen LogP contribution in [0.2, 0.25) is 0 Å². The summed E-state index contributed by atoms with van der Waals surface area (Å²) in [7, 11) is -0.920. The highest BCUT2D eigenvalue weighted by Gasteiger charge is 2.13. The molecule has 1 saturated heterocycles. The summed E-state index contributed by atoms with van der Waals surface area (Å²) in [5.41, 5.74) is 0. The Labute approximate surface area is 86.1 Å². The van der Waals surface area contributed by atoms with Gasteiger partial charge in [0.1, 0.15) is 0 Å². The molecule has 0 bridgehead atoms. The van der Waals surface area contributed by atoms with Gasteiger partial charge in [-0.05, 0) is 7.05 Å². The van der Waals surface area contributed by atoms with Crippen LogP contribution < -0.4 is 4.72 Å². The number of hydrogen-bond acceptors (Lipinski definition) is 4. The summed E-state index contributed by atoms with van der Waals surface area (Å²) in [5.74, 6) is 0. The van der Waals surface area contributed by atoms with Crippen molar-refractivity contribution in [2.45, 2.75) is 0 Å². The van der Waals surface area contributed by atoms with Gasteiger partial charge in [-0.1, -0.05) is 0 Å². The molecule has 1 fully saturated rings. The van der Waals surface area contributed by atoms with E-state index in [4.69, 9.17) is 0 Å². The highest BCUT2D eigenvalue weighted by atomic mass is 32.2. The van der Waals surface area contributed by atoms with Gasteiger partial charge in [0, 0.05) is 39.3 Å². The van der Waals surface area contributed by atoms with E-state index in [0.717, 1.165) is 32.7 Å². The Morgan fingerprint density at radius 2 is 1.79 bits per heavy atom. The Morgan fingerprint density at radius 3 is 2.29 bits per heavy atom. The molecule has 0 amide bonds. The lowest BCUT2D eigenvalue weighted by Gasteiger charge is -2.32. The average Bonchev–Trinajstić information content (AvgIpc) is 2.06. The average molecular weight is 221 g/mol. The topological polar surface area (TPSA) is 52.6 Å². The summed E-state index contributed by atoms with van der Waals surface area (Å²) in [5, 5.41) is 0. The van der Waals surface area contributed by atoms with Crippen LogP contribution in [0.1, 0.15) is 0 Å². The van der Waals surface area contributed by atoms with Gasteiger partial charge >= 0.3 is 0 Å². The summed E-state index contributed by atoms with van der Waals surface area (Å²) in [6.07, 6.45) is 1.19. The zero-order valence-corrected chi connectivity index (χ0v) is 9.68. The molecule has 0 aromatic heterocycles. The molecule has 1 aliphatic heterocycles. The van der Waals surface area contributed by atoms with Crippen molar-refractivity contribution >= 4 is 10.0 Å². The third kappa shape index (κ3) is 4.90. The van der Waals surface area contributed by atoms with E-state index < -0.39 is 10.0 Å². The Kier molecular flexibility index (Phi) is 4.31. The van der Waals surface area contributed by atoms with Gasteiger partial charge in [-0.2, -0.15) is 0 Å². The van der Waals surface area contributed by atoms with Crippen LogP contribution in [0.3, 0.4) is 0 Å². The molecule has 0 spiro atoms. The molecule has 1 heterocycles. The Morgan fingerprint density at radius 1 is 1.21 bits per heavy atom. The van der Waals surface area contributed by atoms with Crippen LogP contribution in [0.25, 0.3) is 0 Å². The summed E-state index contributed by atoms with van der Waals surface area (Å²) >= 11 is 0. The van der Waals surface area contributed by atoms with Crippen LogP contribution in [-0.4, -0.2) is 70.8 Å². The van der Waals surface area contributed by atoms with Crippen LogP contribution in [-0.2, 0) is 10.0 Å². The minimum absolute atomic E-state index is 0.516. The zero-order chi connectivity index (χ0) is 10.6. The number of hydrogen-bond donors (Lipinski definition) is 1. The maximum absolute atomic E-state index is 10.8. The summed E-state index contributed by atoms with van der Waals surface area (Å²) < 4.78 is 24.1. The molecular formula is C8H19N3O2S. The lowest BCUT2D eigenvalue weighted by Crippen LogP contribution is -2.46. The van der Waals surface area contributed by atoms with Crippen molar-refractivity contribution in [3.05, 3.63) is 0 Å². The van der Waals surface area contributed by atoms with E-state index >= 15 is 0 Å². The van der Waals surface area contributed by atoms with E-state index in [1.807, 2.05) is 0 Å². The smallest absolute Gasteiger partial charge is 0.208 e. The lowest BCUT2D eigenvalue weighted by molar-refractivity contribution is 0.156. The second-order valence-electron chi connectivity index (χ2n) is 3.81. The SMILES string of the molecule is CN1CCN(CCNS(C)(=O)=O)CC1. The predicted octanol–water partition coefficient (Wildman–Crippen LogP) is -1.22. The molecule has 1 rings (SSSR count). The molecule has 6 heteroatoms. The van der Waals surface area contributed by atoms with Crippen molar-refractivity contribution in [2.24, 2.45) is 0 Å². The van der Waals surface area contributed by atoms with Gasteiger partial charge < -0.3 is 4.90 Å². The van der Waals surface area contributed by atoms with E-state index in [0.29, 0.717) is 6.54 Å². The molecule has 0 aliphatic carbocycles. The molecule has 5 nitrogen and oxygen atoms in total. The minimum Gasteiger partial charge on any atom is -0.304 e. The molecule has 84 valence electrons. The number of sulfonamides is 1. The Hall–Kier alpha value is -0.170. The van der Waals surface area contributed by atoms with E-state index in [2.05, 4.69) is 21.6 Å². The Balaban J connectivity index is 2.14. The third-order valence-electron chi connectivity index (χ3n) is 2.39. The standard InChI is InChI=1S/C8H19N3O2S/c1-10-5-7-11(8-6-10)4-3-9-14(2,12)13/h9H,3-8H2,1-2H3. The van der Waals surface area contributed by atoms with Crippen molar-refractivity contribution in [2.75, 3.05) is 52.6 Å². The predicted molar refractivity (Wildman–Crippen MR) is 56.8 cm³/mol. The summed E-state index contributed by atoms with van der Waals surface area (Å²) in [6.45, 7) is 5.52. The first kappa shape index (κ1) is 11.9. The molecule has 14 heavy (non-hydrogen) atoms. The van der Waals surface area contributed by atoms with Crippen molar-refractivity contribution in [1.82, 2.24) is 14.5 Å². The highest BCUT2D eigenvalue weighted by molar-refractivity contribution is 7.88. The van der Waals surface area contributed by atoms with Crippen LogP contribution in [0.15, 0.2) is 0 Å². The summed E-state index contributed by atoms with van der Waals surface area (Å²) in [4.78, 5) is 4.55. The van der Waals surface area contributed by atoms with Crippen LogP contribution in [0.4, 0.5) is 0 Å². The first-order valence-electron chi connectivity index (χ1n) is 4.83. The first-order valence-corrected chi connectivity index (χ1v) is 6.72. The van der Waals surface area contributed by atoms with Crippen molar-refractivity contribution in [3.63, 3.8) is 0 Å². The molecule has 0 aromatic rings. The second-order valence-corrected chi connectivity index (χ2v) is 5.64. The maximum atomic E-state index is 10.8. The molecule has 0 saturated carbocycles. The van der Waals surface area contributed by atoms with Crippen LogP contribution >= 0.6 is 0 Å². The number of rotatable bonds is 4. The molecule has 0 aromatic carbocycles. The Bertz CT molecular complexity index is 258. The van der Waals surface area contributed by atoms with Crippen molar-refractivity contribution in [3.8, 4) is 0 Å². The minimum atomic E-state index is -3.02. The van der Waals surface area contributed by atoms with Gasteiger partial charge in [0.15, 0.2) is 0 Å². The van der Waals surface area contributed by atoms with Gasteiger partial charge in [-0.3, -0.25) is 4.90 Å². The number of nitrogens with zero attached hydrogens (tertiary/aromatic N) is 2. The first-order chi connectivity index (χ1) is 6.47. The number of likely N-dealkylation sites (N-methyl/N-ethyl adjacent to an activating group) is 1. The summed E-state index contributed by atoms with van der Waals surface area (Å²) in [6, 6.07) is 0. The van der Waals surface area contributed by atoms with E-state index in [9.17, 15) is 8.42 Å². The molecule has 0 radical (unpaired) electrons. The van der Waals surface area contributed by atoms with Gasteiger partial charge in [0.25, 0.3) is 0 Å². The largest absolute Gasteiger partial charge is 0.304 e. The fraction of sp³-hybridized carbons (Fsp3) is 1.00. The van der Waals surface area contributed by atoms with Gasteiger partial charge in [0.2, 0.25) is 10.0 Å². The van der Waals surface area contributed by atoms with Gasteiger partial charge in [0.05, 0.1) is 6.26 Å². The second kappa shape index (κ2) is 5.06. The monoisotopic (exact) mass is 221 g/mol. The molecule has 0 atom stereocenters. The van der Waals surface area contributed by atoms with Crippen molar-refractivity contribution < 1.29 is 8.42 Å². The van der Waals surface area contributed by atoms with Crippen LogP contribution in [0.5, 0.6) is 0 Å². The van der Waals surface area contributed by atoms with E-state index in [-0.39, 0.29) is 0 Å². The maximum Gasteiger partial charge on any atom is 0.208 e. The molecule has 1 N–H and O–H groups in total. The quantitative estimate of drug-likeness (QED) is 0.647. The lowest BCUT2D eigenvalue weighted by atomic mass is 10.3. The third-order valence-corrected chi connectivity index (χ3v) is 3.12. The van der Waals surface area contributed by atoms with Crippen molar-refractivity contribution in [1.29, 1.82) is 0 Å². The highest BCUT2D eigenvalue weighted by Crippen LogP contribution is 1.97. The molecular weight excluding hydrogens is 202 g/mol. The zero-order valence-electron chi connectivity index (χ0n) is 8.86. The number of nitrogens with one attached hydrogen (secondary N) is 1. The molecule has 1 aliphatic rings. The normalized spacial score (nSPS) is 21.3. The fourth-order valence-corrected chi connectivity index (χ4v) is 1.92. The van der Waals surface area contributed by atoms with E-state index in [1.165, 1.54) is 6.26 Å². The van der Waals surface area contributed by atoms with Gasteiger partial charge in [-0.25, -0.2) is 13.1 Å². The molecule has 0 unspecified atom stereocenters. The van der Waals surface area contributed by atoms with Crippen LogP contribution in [0, 0.1) is 0 Å². The van der Waals surface area contributed by atoms with Gasteiger partial charge in [-0.15, -0.1) is 0 Å². The number of piperazine rings is 1. The van der Waals surface area contributed by atoms with E-state index in [1.54, 1.807) is 0 Å². The fourth-order valence-electron chi connectivity index (χ4n) is 1.46.